The summed E-state index contributed by atoms with van der Waals surface area (Å²) in [5, 5.41) is 7.49. The molecule has 108 valence electrons. The molecule has 20 heavy (non-hydrogen) atoms. The first kappa shape index (κ1) is 14.7. The number of nitrogens with zero attached hydrogens (tertiary/aromatic N) is 2. The minimum Gasteiger partial charge on any atom is -0.303 e. The molecule has 1 N–H and O–H groups in total. The van der Waals surface area contributed by atoms with Crippen molar-refractivity contribution in [1.29, 1.82) is 0 Å². The van der Waals surface area contributed by atoms with Crippen molar-refractivity contribution in [3.63, 3.8) is 0 Å². The summed E-state index contributed by atoms with van der Waals surface area (Å²) in [6.45, 7) is 5.63. The van der Waals surface area contributed by atoms with Crippen LogP contribution in [0.5, 0.6) is 0 Å². The van der Waals surface area contributed by atoms with Crippen molar-refractivity contribution in [2.75, 3.05) is 0 Å². The molecule has 0 fully saturated rings. The van der Waals surface area contributed by atoms with Gasteiger partial charge in [-0.05, 0) is 32.9 Å². The lowest BCUT2D eigenvalue weighted by molar-refractivity contribution is 0.449. The van der Waals surface area contributed by atoms with E-state index >= 15 is 0 Å². The van der Waals surface area contributed by atoms with E-state index in [1.807, 2.05) is 27.1 Å². The van der Waals surface area contributed by atoms with E-state index in [1.54, 1.807) is 11.6 Å². The fourth-order valence-electron chi connectivity index (χ4n) is 2.52. The van der Waals surface area contributed by atoms with Gasteiger partial charge in [-0.1, -0.05) is 6.07 Å². The normalized spacial score (nSPS) is 14.3. The zero-order chi connectivity index (χ0) is 14.9. The van der Waals surface area contributed by atoms with Gasteiger partial charge in [-0.2, -0.15) is 5.10 Å². The summed E-state index contributed by atoms with van der Waals surface area (Å²) < 4.78 is 29.2. The minimum atomic E-state index is -0.528. The van der Waals surface area contributed by atoms with Gasteiger partial charge in [0.05, 0.1) is 5.69 Å². The predicted molar refractivity (Wildman–Crippen MR) is 74.3 cm³/mol. The molecule has 2 unspecified atom stereocenters. The van der Waals surface area contributed by atoms with E-state index in [0.29, 0.717) is 0 Å². The van der Waals surface area contributed by atoms with Crippen molar-refractivity contribution in [1.82, 2.24) is 15.1 Å². The molecule has 0 aliphatic carbocycles. The maximum absolute atomic E-state index is 13.7. The van der Waals surface area contributed by atoms with Crippen molar-refractivity contribution in [2.24, 2.45) is 7.05 Å². The summed E-state index contributed by atoms with van der Waals surface area (Å²) in [7, 11) is 1.85. The average Bonchev–Trinajstić information content (AvgIpc) is 2.68. The zero-order valence-corrected chi connectivity index (χ0v) is 12.1. The van der Waals surface area contributed by atoms with Crippen molar-refractivity contribution < 1.29 is 8.78 Å². The van der Waals surface area contributed by atoms with Crippen molar-refractivity contribution in [3.05, 3.63) is 52.9 Å². The van der Waals surface area contributed by atoms with Crippen LogP contribution in [-0.2, 0) is 7.05 Å². The average molecular weight is 279 g/mol. The number of hydrogen-bond donors (Lipinski definition) is 1. The van der Waals surface area contributed by atoms with Crippen LogP contribution in [0.3, 0.4) is 0 Å². The summed E-state index contributed by atoms with van der Waals surface area (Å²) in [6, 6.07) is 3.45. The van der Waals surface area contributed by atoms with Crippen LogP contribution in [0.2, 0.25) is 0 Å². The van der Waals surface area contributed by atoms with Gasteiger partial charge in [0.2, 0.25) is 0 Å². The van der Waals surface area contributed by atoms with E-state index in [1.165, 1.54) is 18.2 Å². The maximum atomic E-state index is 13.7. The van der Waals surface area contributed by atoms with Crippen LogP contribution in [0.4, 0.5) is 8.78 Å². The molecule has 1 heterocycles. The first-order chi connectivity index (χ1) is 9.40. The van der Waals surface area contributed by atoms with E-state index in [-0.39, 0.29) is 11.6 Å². The first-order valence-corrected chi connectivity index (χ1v) is 6.60. The van der Waals surface area contributed by atoms with Crippen LogP contribution in [-0.4, -0.2) is 9.78 Å². The van der Waals surface area contributed by atoms with Crippen LogP contribution in [0.1, 0.15) is 42.8 Å². The number of aryl methyl sites for hydroxylation is 2. The lowest BCUT2D eigenvalue weighted by atomic mass is 10.0. The molecule has 5 heteroatoms. The lowest BCUT2D eigenvalue weighted by Crippen LogP contribution is -2.24. The first-order valence-electron chi connectivity index (χ1n) is 6.60. The third-order valence-electron chi connectivity index (χ3n) is 3.45. The lowest BCUT2D eigenvalue weighted by Gasteiger charge is -2.21. The Balaban J connectivity index is 2.19. The van der Waals surface area contributed by atoms with Crippen LogP contribution in [0, 0.1) is 18.6 Å². The van der Waals surface area contributed by atoms with Gasteiger partial charge in [-0.15, -0.1) is 0 Å². The minimum absolute atomic E-state index is 0.0438. The van der Waals surface area contributed by atoms with Crippen molar-refractivity contribution in [2.45, 2.75) is 32.9 Å². The van der Waals surface area contributed by atoms with Crippen molar-refractivity contribution >= 4 is 0 Å². The second-order valence-corrected chi connectivity index (χ2v) is 5.09. The van der Waals surface area contributed by atoms with E-state index in [0.717, 1.165) is 11.3 Å². The Morgan fingerprint density at radius 1 is 1.15 bits per heavy atom. The molecule has 0 aliphatic rings. The summed E-state index contributed by atoms with van der Waals surface area (Å²) >= 11 is 0. The maximum Gasteiger partial charge on any atom is 0.130 e. The molecule has 0 aliphatic heterocycles. The van der Waals surface area contributed by atoms with Gasteiger partial charge >= 0.3 is 0 Å². The van der Waals surface area contributed by atoms with Crippen LogP contribution in [0.25, 0.3) is 0 Å². The number of rotatable bonds is 4. The van der Waals surface area contributed by atoms with Crippen LogP contribution in [0.15, 0.2) is 24.4 Å². The van der Waals surface area contributed by atoms with E-state index in [2.05, 4.69) is 10.4 Å². The summed E-state index contributed by atoms with van der Waals surface area (Å²) in [4.78, 5) is 0. The Bertz CT molecular complexity index is 587. The third-order valence-corrected chi connectivity index (χ3v) is 3.45. The molecule has 1 aromatic carbocycles. The molecule has 0 amide bonds. The van der Waals surface area contributed by atoms with E-state index in [4.69, 9.17) is 0 Å². The van der Waals surface area contributed by atoms with Gasteiger partial charge in [-0.25, -0.2) is 8.78 Å². The molecule has 2 atom stereocenters. The standard InChI is InChI=1S/C15H19F2N3/c1-9(12-8-20(4)19-10(12)2)18-11(3)15-13(16)6-5-7-14(15)17/h5-9,11,18H,1-4H3. The van der Waals surface area contributed by atoms with E-state index in [9.17, 15) is 8.78 Å². The number of benzene rings is 1. The van der Waals surface area contributed by atoms with Gasteiger partial charge < -0.3 is 5.32 Å². The van der Waals surface area contributed by atoms with Crippen LogP contribution < -0.4 is 5.32 Å². The highest BCUT2D eigenvalue weighted by Crippen LogP contribution is 2.24. The number of aromatic nitrogens is 2. The molecule has 0 radical (unpaired) electrons. The van der Waals surface area contributed by atoms with Crippen LogP contribution >= 0.6 is 0 Å². The fraction of sp³-hybridized carbons (Fsp3) is 0.400. The quantitative estimate of drug-likeness (QED) is 0.929. The Morgan fingerprint density at radius 3 is 2.25 bits per heavy atom. The predicted octanol–water partition coefficient (Wildman–Crippen LogP) is 3.42. The summed E-state index contributed by atoms with van der Waals surface area (Å²) in [6.07, 6.45) is 1.91. The topological polar surface area (TPSA) is 29.9 Å². The zero-order valence-electron chi connectivity index (χ0n) is 12.1. The molecule has 3 nitrogen and oxygen atoms in total. The molecular formula is C15H19F2N3. The Hall–Kier alpha value is -1.75. The summed E-state index contributed by atoms with van der Waals surface area (Å²) in [5.41, 5.74) is 2.01. The van der Waals surface area contributed by atoms with Gasteiger partial charge in [0, 0.05) is 36.5 Å². The van der Waals surface area contributed by atoms with Gasteiger partial charge in [0.1, 0.15) is 11.6 Å². The Morgan fingerprint density at radius 2 is 1.75 bits per heavy atom. The largest absolute Gasteiger partial charge is 0.303 e. The molecule has 1 aromatic heterocycles. The van der Waals surface area contributed by atoms with Gasteiger partial charge in [0.15, 0.2) is 0 Å². The third kappa shape index (κ3) is 2.88. The Labute approximate surface area is 117 Å². The van der Waals surface area contributed by atoms with Crippen molar-refractivity contribution in [3.8, 4) is 0 Å². The second kappa shape index (κ2) is 5.71. The molecule has 2 rings (SSSR count). The van der Waals surface area contributed by atoms with Gasteiger partial charge in [-0.3, -0.25) is 4.68 Å². The fourth-order valence-corrected chi connectivity index (χ4v) is 2.52. The smallest absolute Gasteiger partial charge is 0.130 e. The summed E-state index contributed by atoms with van der Waals surface area (Å²) in [5.74, 6) is -1.06. The highest BCUT2D eigenvalue weighted by Gasteiger charge is 2.19. The molecule has 0 saturated heterocycles. The molecule has 0 bridgehead atoms. The van der Waals surface area contributed by atoms with E-state index < -0.39 is 17.7 Å². The second-order valence-electron chi connectivity index (χ2n) is 5.09. The number of hydrogen-bond acceptors (Lipinski definition) is 2. The molecule has 0 spiro atoms. The van der Waals surface area contributed by atoms with Gasteiger partial charge in [0.25, 0.3) is 0 Å². The molecule has 0 saturated carbocycles. The highest BCUT2D eigenvalue weighted by molar-refractivity contribution is 5.24. The SMILES string of the molecule is Cc1nn(C)cc1C(C)NC(C)c1c(F)cccc1F. The molecule has 2 aromatic rings. The Kier molecular flexibility index (Phi) is 4.18. The monoisotopic (exact) mass is 279 g/mol. The highest BCUT2D eigenvalue weighted by atomic mass is 19.1. The number of halogens is 2. The number of nitrogens with one attached hydrogen (secondary N) is 1. The molecular weight excluding hydrogens is 260 g/mol.